The summed E-state index contributed by atoms with van der Waals surface area (Å²) in [6.07, 6.45) is 0. The molecule has 8 heteroatoms. The van der Waals surface area contributed by atoms with E-state index in [0.717, 1.165) is 0 Å². The summed E-state index contributed by atoms with van der Waals surface area (Å²) in [5.41, 5.74) is 1.35. The van der Waals surface area contributed by atoms with E-state index < -0.39 is 6.63 Å². The zero-order chi connectivity index (χ0) is 11.6. The lowest BCUT2D eigenvalue weighted by Gasteiger charge is -2.41. The van der Waals surface area contributed by atoms with E-state index in [1.54, 1.807) is 20.5 Å². The van der Waals surface area contributed by atoms with E-state index in [2.05, 4.69) is 26.2 Å². The average molecular weight is 339 g/mol. The topological polar surface area (TPSA) is 0 Å². The fourth-order valence-electron chi connectivity index (χ4n) is 3.37. The van der Waals surface area contributed by atoms with Gasteiger partial charge in [-0.25, -0.2) is 0 Å². The molecule has 0 nitrogen and oxygen atoms in total. The van der Waals surface area contributed by atoms with Gasteiger partial charge in [0.05, 0.1) is 0 Å². The van der Waals surface area contributed by atoms with Gasteiger partial charge in [0.25, 0.3) is 0 Å². The molecular weight excluding hydrogens is 309 g/mol. The van der Waals surface area contributed by atoms with Crippen molar-refractivity contribution in [1.82, 2.24) is 0 Å². The molecule has 1 saturated heterocycles. The quantitative estimate of drug-likeness (QED) is 0.439. The molecule has 5 atom stereocenters. The Morgan fingerprint density at radius 3 is 2.53 bits per heavy atom. The fraction of sp³-hybridized carbons (Fsp3) is 1.00. The summed E-state index contributed by atoms with van der Waals surface area (Å²) in [7, 11) is 4.59. The van der Waals surface area contributed by atoms with Crippen LogP contribution in [0.5, 0.6) is 0 Å². The van der Waals surface area contributed by atoms with E-state index in [9.17, 15) is 0 Å². The average Bonchev–Trinajstić information content (AvgIpc) is 2.22. The Kier molecular flexibility index (Phi) is 5.98. The van der Waals surface area contributed by atoms with Crippen molar-refractivity contribution in [2.75, 3.05) is 0 Å². The molecular formula is C7H30Si8. The van der Waals surface area contributed by atoms with Crippen molar-refractivity contribution in [2.24, 2.45) is 0 Å². The van der Waals surface area contributed by atoms with Crippen molar-refractivity contribution >= 4 is 69.9 Å². The monoisotopic (exact) mass is 338 g/mol. The van der Waals surface area contributed by atoms with Crippen LogP contribution in [0.3, 0.4) is 0 Å². The summed E-state index contributed by atoms with van der Waals surface area (Å²) in [6, 6.07) is 1.85. The van der Waals surface area contributed by atoms with Crippen LogP contribution in [0.15, 0.2) is 0 Å². The molecule has 0 amide bonds. The molecule has 0 aromatic heterocycles. The minimum atomic E-state index is -0.421. The summed E-state index contributed by atoms with van der Waals surface area (Å²) in [6.45, 7) is 10.9. The highest BCUT2D eigenvalue weighted by atomic mass is 30.0. The Bertz CT molecular complexity index is 211. The van der Waals surface area contributed by atoms with E-state index in [-0.39, 0.29) is 16.1 Å². The first-order valence-corrected chi connectivity index (χ1v) is 30.3. The second kappa shape index (κ2) is 6.06. The van der Waals surface area contributed by atoms with Crippen LogP contribution in [0, 0.1) is 0 Å². The SMILES string of the molecule is C[SiH2][Si]1(C)[SiH](C)CC([SiH3])C([SiH3])[SiH2][SiH2][SiH]1C. The van der Waals surface area contributed by atoms with Gasteiger partial charge in [-0.1, -0.05) is 42.9 Å². The standard InChI is InChI=1S/C7H30Si8/c1-10-15(4)13(2)5-6(8)7(9)11-12-14(15)3/h6-7,13-14H,5,10-12H2,1-4,8-9H3. The molecule has 0 N–H and O–H groups in total. The molecule has 0 spiro atoms. The van der Waals surface area contributed by atoms with Crippen LogP contribution in [-0.4, -0.2) is 69.9 Å². The molecule has 0 saturated carbocycles. The summed E-state index contributed by atoms with van der Waals surface area (Å²) >= 11 is 0. The van der Waals surface area contributed by atoms with Crippen molar-refractivity contribution in [2.45, 2.75) is 42.9 Å². The van der Waals surface area contributed by atoms with Crippen LogP contribution in [0.1, 0.15) is 0 Å². The molecule has 0 bridgehead atoms. The molecule has 0 aliphatic carbocycles. The highest BCUT2D eigenvalue weighted by Gasteiger charge is 2.41. The van der Waals surface area contributed by atoms with Crippen molar-refractivity contribution in [3.63, 3.8) is 0 Å². The van der Waals surface area contributed by atoms with Crippen molar-refractivity contribution in [1.29, 1.82) is 0 Å². The van der Waals surface area contributed by atoms with Gasteiger partial charge in [0.15, 0.2) is 0 Å². The van der Waals surface area contributed by atoms with Crippen molar-refractivity contribution < 1.29 is 0 Å². The highest BCUT2D eigenvalue weighted by Crippen LogP contribution is 2.29. The number of hydrogen-bond acceptors (Lipinski definition) is 0. The van der Waals surface area contributed by atoms with Gasteiger partial charge in [-0.3, -0.25) is 0 Å². The smallest absolute Gasteiger partial charge is 0.0222 e. The molecule has 15 heavy (non-hydrogen) atoms. The Hall–Kier alpha value is 1.74. The minimum Gasteiger partial charge on any atom is -0.0770 e. The lowest BCUT2D eigenvalue weighted by atomic mass is 10.5. The highest BCUT2D eigenvalue weighted by molar-refractivity contribution is 7.86. The third-order valence-corrected chi connectivity index (χ3v) is 119. The molecule has 1 aliphatic heterocycles. The Morgan fingerprint density at radius 2 is 2.00 bits per heavy atom. The molecule has 1 heterocycles. The third kappa shape index (κ3) is 3.36. The largest absolute Gasteiger partial charge is 0.0770 e. The zero-order valence-corrected chi connectivity index (χ0v) is 23.2. The van der Waals surface area contributed by atoms with E-state index in [1.807, 2.05) is 6.04 Å². The van der Waals surface area contributed by atoms with Crippen LogP contribution in [0.4, 0.5) is 0 Å². The van der Waals surface area contributed by atoms with Crippen LogP contribution >= 0.6 is 0 Å². The molecule has 90 valence electrons. The predicted octanol–water partition coefficient (Wildman–Crippen LogP) is -3.32. The van der Waals surface area contributed by atoms with Gasteiger partial charge in [0.2, 0.25) is 0 Å². The van der Waals surface area contributed by atoms with Gasteiger partial charge in [-0.2, -0.15) is 0 Å². The molecule has 1 aliphatic rings. The normalized spacial score (nSPS) is 52.8. The molecule has 5 unspecified atom stereocenters. The second-order valence-corrected chi connectivity index (χ2v) is 63.5. The maximum atomic E-state index is 2.93. The third-order valence-electron chi connectivity index (χ3n) is 5.77. The first-order chi connectivity index (χ1) is 6.91. The van der Waals surface area contributed by atoms with E-state index in [0.29, 0.717) is 26.6 Å². The number of rotatable bonds is 1. The molecule has 1 fully saturated rings. The fourth-order valence-corrected chi connectivity index (χ4v) is 154. The second-order valence-electron chi connectivity index (χ2n) is 6.43. The molecule has 1 rings (SSSR count). The predicted molar refractivity (Wildman–Crippen MR) is 101 cm³/mol. The minimum absolute atomic E-state index is 0.0215. The van der Waals surface area contributed by atoms with Crippen LogP contribution < -0.4 is 0 Å². The van der Waals surface area contributed by atoms with E-state index in [4.69, 9.17) is 0 Å². The summed E-state index contributed by atoms with van der Waals surface area (Å²) in [5.74, 6) is 0. The maximum absolute atomic E-state index is 2.93. The van der Waals surface area contributed by atoms with Crippen LogP contribution in [-0.2, 0) is 0 Å². The Balaban J connectivity index is 2.81. The lowest BCUT2D eigenvalue weighted by molar-refractivity contribution is 0.998. The van der Waals surface area contributed by atoms with Gasteiger partial charge >= 0.3 is 0 Å². The lowest BCUT2D eigenvalue weighted by Crippen LogP contribution is -2.67. The summed E-state index contributed by atoms with van der Waals surface area (Å²) in [4.78, 5) is 0. The van der Waals surface area contributed by atoms with Gasteiger partial charge in [0.1, 0.15) is 0 Å². The first kappa shape index (κ1) is 14.8. The maximum Gasteiger partial charge on any atom is 0.0222 e. The van der Waals surface area contributed by atoms with Gasteiger partial charge in [-0.15, -0.1) is 0 Å². The van der Waals surface area contributed by atoms with Crippen LogP contribution in [0.25, 0.3) is 0 Å². The summed E-state index contributed by atoms with van der Waals surface area (Å²) < 4.78 is 0. The molecule has 0 aromatic carbocycles. The number of hydrogen-bond donors (Lipinski definition) is 0. The zero-order valence-electron chi connectivity index (χ0n) is 11.6. The van der Waals surface area contributed by atoms with Gasteiger partial charge in [0, 0.05) is 61.3 Å². The van der Waals surface area contributed by atoms with Gasteiger partial charge in [-0.05, 0) is 8.55 Å². The molecule has 0 aromatic rings. The first-order valence-electron chi connectivity index (χ1n) is 6.91. The van der Waals surface area contributed by atoms with Crippen molar-refractivity contribution in [3.8, 4) is 0 Å². The Morgan fingerprint density at radius 1 is 1.40 bits per heavy atom. The van der Waals surface area contributed by atoms with E-state index >= 15 is 0 Å². The van der Waals surface area contributed by atoms with Crippen molar-refractivity contribution in [3.05, 3.63) is 0 Å². The van der Waals surface area contributed by atoms with E-state index in [1.165, 1.54) is 10.7 Å². The summed E-state index contributed by atoms with van der Waals surface area (Å²) in [5, 5.41) is 1.44. The molecule has 0 radical (unpaired) electrons. The van der Waals surface area contributed by atoms with Gasteiger partial charge < -0.3 is 0 Å². The Labute approximate surface area is 112 Å². The van der Waals surface area contributed by atoms with Crippen LogP contribution in [0.2, 0.25) is 42.9 Å².